The smallest absolute Gasteiger partial charge is 0.328 e. The maximum atomic E-state index is 8.66. The molecule has 0 aliphatic rings. The Labute approximate surface area is 88.7 Å². The molecular formula is C7H10O6P2. The number of hydrogen-bond donors (Lipinski definition) is 4. The molecule has 0 aliphatic heterocycles. The molecule has 0 radical (unpaired) electrons. The standard InChI is InChI=1S/C7H10O6P2/c8-14(9)12-7(13-15(10)11)6-4-2-1-3-5-6/h1-5,7-11H. The second-order valence-electron chi connectivity index (χ2n) is 2.46. The van der Waals surface area contributed by atoms with Gasteiger partial charge in [0.05, 0.1) is 0 Å². The molecule has 0 saturated carbocycles. The lowest BCUT2D eigenvalue weighted by Gasteiger charge is -2.18. The molecule has 0 fully saturated rings. The van der Waals surface area contributed by atoms with Crippen LogP contribution >= 0.6 is 17.2 Å². The van der Waals surface area contributed by atoms with E-state index in [2.05, 4.69) is 9.05 Å². The van der Waals surface area contributed by atoms with Gasteiger partial charge in [-0.2, -0.15) is 0 Å². The molecule has 1 aromatic carbocycles. The second kappa shape index (κ2) is 6.43. The van der Waals surface area contributed by atoms with Crippen LogP contribution in [-0.2, 0) is 9.05 Å². The van der Waals surface area contributed by atoms with Gasteiger partial charge in [0.25, 0.3) is 0 Å². The van der Waals surface area contributed by atoms with E-state index >= 15 is 0 Å². The first kappa shape index (κ1) is 12.9. The molecule has 8 heteroatoms. The van der Waals surface area contributed by atoms with Crippen molar-refractivity contribution in [3.05, 3.63) is 35.9 Å². The molecule has 4 N–H and O–H groups in total. The Kier molecular flexibility index (Phi) is 5.53. The lowest BCUT2D eigenvalue weighted by molar-refractivity contribution is -0.0127. The van der Waals surface area contributed by atoms with E-state index in [0.29, 0.717) is 5.56 Å². The number of hydrogen-bond acceptors (Lipinski definition) is 6. The summed E-state index contributed by atoms with van der Waals surface area (Å²) < 4.78 is 9.19. The summed E-state index contributed by atoms with van der Waals surface area (Å²) in [4.78, 5) is 34.6. The van der Waals surface area contributed by atoms with Crippen molar-refractivity contribution < 1.29 is 28.6 Å². The first-order chi connectivity index (χ1) is 7.09. The molecule has 0 aromatic heterocycles. The number of benzene rings is 1. The van der Waals surface area contributed by atoms with E-state index in [4.69, 9.17) is 19.6 Å². The Morgan fingerprint density at radius 1 is 0.867 bits per heavy atom. The lowest BCUT2D eigenvalue weighted by atomic mass is 10.2. The van der Waals surface area contributed by atoms with Crippen LogP contribution in [0, 0.1) is 0 Å². The summed E-state index contributed by atoms with van der Waals surface area (Å²) >= 11 is 0. The van der Waals surface area contributed by atoms with Crippen LogP contribution in [0.4, 0.5) is 0 Å². The van der Waals surface area contributed by atoms with Gasteiger partial charge in [-0.3, -0.25) is 9.05 Å². The fourth-order valence-electron chi connectivity index (χ4n) is 0.922. The summed E-state index contributed by atoms with van der Waals surface area (Å²) in [5.41, 5.74) is 0.462. The van der Waals surface area contributed by atoms with Gasteiger partial charge in [0.15, 0.2) is 0 Å². The third-order valence-electron chi connectivity index (χ3n) is 1.45. The first-order valence-electron chi connectivity index (χ1n) is 3.84. The van der Waals surface area contributed by atoms with E-state index in [1.165, 1.54) is 0 Å². The zero-order chi connectivity index (χ0) is 11.3. The largest absolute Gasteiger partial charge is 0.329 e. The average molecular weight is 252 g/mol. The number of rotatable bonds is 5. The zero-order valence-corrected chi connectivity index (χ0v) is 9.25. The quantitative estimate of drug-likeness (QED) is 0.463. The van der Waals surface area contributed by atoms with E-state index in [-0.39, 0.29) is 0 Å². The highest BCUT2D eigenvalue weighted by Crippen LogP contribution is 2.41. The van der Waals surface area contributed by atoms with Gasteiger partial charge in [-0.1, -0.05) is 30.3 Å². The molecule has 15 heavy (non-hydrogen) atoms. The van der Waals surface area contributed by atoms with Crippen molar-refractivity contribution in [2.75, 3.05) is 0 Å². The molecule has 84 valence electrons. The highest BCUT2D eigenvalue weighted by atomic mass is 31.2. The molecule has 0 saturated heterocycles. The van der Waals surface area contributed by atoms with Gasteiger partial charge >= 0.3 is 17.2 Å². The molecule has 1 aromatic rings. The van der Waals surface area contributed by atoms with Crippen molar-refractivity contribution in [2.24, 2.45) is 0 Å². The van der Waals surface area contributed by atoms with Gasteiger partial charge in [0.2, 0.25) is 6.29 Å². The Morgan fingerprint density at radius 2 is 1.33 bits per heavy atom. The summed E-state index contributed by atoms with van der Waals surface area (Å²) in [6.07, 6.45) is -1.20. The Balaban J connectivity index is 2.72. The third-order valence-corrected chi connectivity index (χ3v) is 2.21. The van der Waals surface area contributed by atoms with Crippen LogP contribution in [0.25, 0.3) is 0 Å². The van der Waals surface area contributed by atoms with Crippen molar-refractivity contribution in [3.63, 3.8) is 0 Å². The van der Waals surface area contributed by atoms with Crippen molar-refractivity contribution >= 4 is 17.2 Å². The Morgan fingerprint density at radius 3 is 1.73 bits per heavy atom. The predicted molar refractivity (Wildman–Crippen MR) is 54.1 cm³/mol. The minimum Gasteiger partial charge on any atom is -0.328 e. The summed E-state index contributed by atoms with van der Waals surface area (Å²) in [6, 6.07) is 8.32. The fraction of sp³-hybridized carbons (Fsp3) is 0.143. The van der Waals surface area contributed by atoms with E-state index in [0.717, 1.165) is 0 Å². The molecule has 0 aliphatic carbocycles. The van der Waals surface area contributed by atoms with E-state index < -0.39 is 23.5 Å². The monoisotopic (exact) mass is 252 g/mol. The fourth-order valence-corrected chi connectivity index (χ4v) is 1.66. The van der Waals surface area contributed by atoms with Crippen molar-refractivity contribution in [1.82, 2.24) is 0 Å². The molecule has 0 amide bonds. The van der Waals surface area contributed by atoms with Crippen LogP contribution in [0.1, 0.15) is 11.9 Å². The first-order valence-corrected chi connectivity index (χ1v) is 6.17. The van der Waals surface area contributed by atoms with Gasteiger partial charge in [-0.05, 0) is 0 Å². The molecule has 6 nitrogen and oxygen atoms in total. The summed E-state index contributed by atoms with van der Waals surface area (Å²) in [7, 11) is -5.26. The maximum Gasteiger partial charge on any atom is 0.329 e. The van der Waals surface area contributed by atoms with Crippen molar-refractivity contribution in [1.29, 1.82) is 0 Å². The molecule has 0 bridgehead atoms. The van der Waals surface area contributed by atoms with Crippen LogP contribution in [-0.4, -0.2) is 19.6 Å². The van der Waals surface area contributed by atoms with Crippen LogP contribution in [0.15, 0.2) is 30.3 Å². The topological polar surface area (TPSA) is 99.4 Å². The third kappa shape index (κ3) is 4.93. The van der Waals surface area contributed by atoms with Crippen LogP contribution in [0.3, 0.4) is 0 Å². The summed E-state index contributed by atoms with van der Waals surface area (Å²) in [5, 5.41) is 0. The summed E-state index contributed by atoms with van der Waals surface area (Å²) in [6.45, 7) is 0. The minimum atomic E-state index is -2.63. The van der Waals surface area contributed by atoms with E-state index in [9.17, 15) is 0 Å². The molecule has 0 heterocycles. The van der Waals surface area contributed by atoms with Gasteiger partial charge < -0.3 is 19.6 Å². The highest BCUT2D eigenvalue weighted by molar-refractivity contribution is 7.40. The minimum absolute atomic E-state index is 0.462. The van der Waals surface area contributed by atoms with Gasteiger partial charge in [-0.25, -0.2) is 0 Å². The Bertz CT molecular complexity index is 270. The van der Waals surface area contributed by atoms with Gasteiger partial charge in [-0.15, -0.1) is 0 Å². The normalized spacial score (nSPS) is 11.7. The molecule has 0 atom stereocenters. The molecular weight excluding hydrogens is 242 g/mol. The van der Waals surface area contributed by atoms with Crippen molar-refractivity contribution in [2.45, 2.75) is 6.29 Å². The second-order valence-corrected chi connectivity index (χ2v) is 3.89. The summed E-state index contributed by atoms with van der Waals surface area (Å²) in [5.74, 6) is 0. The lowest BCUT2D eigenvalue weighted by Crippen LogP contribution is -2.03. The van der Waals surface area contributed by atoms with Crippen LogP contribution in [0.5, 0.6) is 0 Å². The SMILES string of the molecule is OP(O)OC(OP(O)O)c1ccccc1. The van der Waals surface area contributed by atoms with Crippen LogP contribution in [0.2, 0.25) is 0 Å². The zero-order valence-electron chi connectivity index (χ0n) is 7.46. The van der Waals surface area contributed by atoms with Gasteiger partial charge in [0, 0.05) is 5.56 Å². The van der Waals surface area contributed by atoms with Crippen molar-refractivity contribution in [3.8, 4) is 0 Å². The Hall–Kier alpha value is -0.160. The average Bonchev–Trinajstić information content (AvgIpc) is 2.17. The molecule has 1 rings (SSSR count). The van der Waals surface area contributed by atoms with E-state index in [1.807, 2.05) is 0 Å². The molecule has 0 spiro atoms. The molecule has 0 unspecified atom stereocenters. The van der Waals surface area contributed by atoms with Crippen LogP contribution < -0.4 is 0 Å². The van der Waals surface area contributed by atoms with E-state index in [1.54, 1.807) is 30.3 Å². The predicted octanol–water partition coefficient (Wildman–Crippen LogP) is 1.14. The highest BCUT2D eigenvalue weighted by Gasteiger charge is 2.20. The maximum absolute atomic E-state index is 8.66. The van der Waals surface area contributed by atoms with Gasteiger partial charge in [0.1, 0.15) is 0 Å².